The molecule has 0 saturated heterocycles. The van der Waals surface area contributed by atoms with E-state index in [9.17, 15) is 14.9 Å². The number of halogens is 1. The zero-order valence-electron chi connectivity index (χ0n) is 9.53. The lowest BCUT2D eigenvalue weighted by atomic mass is 10.1. The topological polar surface area (TPSA) is 69.4 Å². The van der Waals surface area contributed by atoms with Crippen molar-refractivity contribution < 1.29 is 14.5 Å². The van der Waals surface area contributed by atoms with Crippen LogP contribution in [0.25, 0.3) is 0 Å². The first-order chi connectivity index (χ1) is 7.95. The van der Waals surface area contributed by atoms with Gasteiger partial charge in [0.05, 0.1) is 18.0 Å². The van der Waals surface area contributed by atoms with Crippen LogP contribution in [0.3, 0.4) is 0 Å². The zero-order chi connectivity index (χ0) is 13.0. The van der Waals surface area contributed by atoms with Gasteiger partial charge in [0.1, 0.15) is 0 Å². The third kappa shape index (κ3) is 3.52. The summed E-state index contributed by atoms with van der Waals surface area (Å²) in [6.07, 6.45) is 0.0234. The third-order valence-electron chi connectivity index (χ3n) is 2.20. The van der Waals surface area contributed by atoms with Crippen molar-refractivity contribution in [2.75, 3.05) is 6.61 Å². The first-order valence-electron chi connectivity index (χ1n) is 5.04. The molecule has 0 fully saturated rings. The van der Waals surface area contributed by atoms with E-state index in [1.165, 1.54) is 6.07 Å². The molecule has 0 aliphatic carbocycles. The highest BCUT2D eigenvalue weighted by atomic mass is 79.9. The van der Waals surface area contributed by atoms with Crippen LogP contribution < -0.4 is 0 Å². The molecule has 0 aliphatic heterocycles. The Morgan fingerprint density at radius 2 is 2.18 bits per heavy atom. The zero-order valence-corrected chi connectivity index (χ0v) is 11.1. The predicted molar refractivity (Wildman–Crippen MR) is 65.9 cm³/mol. The highest BCUT2D eigenvalue weighted by Gasteiger charge is 2.16. The van der Waals surface area contributed by atoms with Crippen LogP contribution in [-0.2, 0) is 16.0 Å². The van der Waals surface area contributed by atoms with Crippen LogP contribution in [0, 0.1) is 17.0 Å². The highest BCUT2D eigenvalue weighted by molar-refractivity contribution is 9.10. The van der Waals surface area contributed by atoms with Gasteiger partial charge in [-0.1, -0.05) is 15.9 Å². The van der Waals surface area contributed by atoms with E-state index in [0.717, 1.165) is 0 Å². The molecule has 0 saturated carbocycles. The van der Waals surface area contributed by atoms with Crippen molar-refractivity contribution in [2.45, 2.75) is 20.3 Å². The van der Waals surface area contributed by atoms with Gasteiger partial charge >= 0.3 is 5.97 Å². The molecule has 0 heterocycles. The van der Waals surface area contributed by atoms with Gasteiger partial charge in [-0.05, 0) is 25.5 Å². The van der Waals surface area contributed by atoms with Crippen LogP contribution in [0.2, 0.25) is 0 Å². The second-order valence-corrected chi connectivity index (χ2v) is 4.32. The lowest BCUT2D eigenvalue weighted by molar-refractivity contribution is -0.385. The van der Waals surface area contributed by atoms with E-state index in [1.807, 2.05) is 0 Å². The molecule has 0 unspecified atom stereocenters. The Morgan fingerprint density at radius 1 is 1.53 bits per heavy atom. The maximum atomic E-state index is 11.3. The van der Waals surface area contributed by atoms with Gasteiger partial charge in [0, 0.05) is 16.1 Å². The minimum atomic E-state index is -0.462. The van der Waals surface area contributed by atoms with Crippen LogP contribution in [0.4, 0.5) is 5.69 Å². The van der Waals surface area contributed by atoms with Gasteiger partial charge < -0.3 is 4.74 Å². The number of carbonyl (C=O) groups excluding carboxylic acids is 1. The van der Waals surface area contributed by atoms with Crippen molar-refractivity contribution in [1.29, 1.82) is 0 Å². The van der Waals surface area contributed by atoms with E-state index in [0.29, 0.717) is 22.2 Å². The summed E-state index contributed by atoms with van der Waals surface area (Å²) in [6, 6.07) is 3.03. The molecule has 1 aromatic carbocycles. The number of rotatable bonds is 4. The summed E-state index contributed by atoms with van der Waals surface area (Å²) >= 11 is 3.28. The fourth-order valence-corrected chi connectivity index (χ4v) is 2.00. The Bertz CT molecular complexity index is 459. The average Bonchev–Trinajstić information content (AvgIpc) is 2.21. The lowest BCUT2D eigenvalue weighted by Gasteiger charge is -2.06. The highest BCUT2D eigenvalue weighted by Crippen LogP contribution is 2.27. The molecule has 0 aromatic heterocycles. The molecule has 92 valence electrons. The van der Waals surface area contributed by atoms with Gasteiger partial charge in [0.15, 0.2) is 0 Å². The molecular weight excluding hydrogens is 290 g/mol. The fourth-order valence-electron chi connectivity index (χ4n) is 1.40. The first kappa shape index (κ1) is 13.6. The molecule has 0 radical (unpaired) electrons. The Kier molecular flexibility index (Phi) is 4.62. The maximum absolute atomic E-state index is 11.3. The summed E-state index contributed by atoms with van der Waals surface area (Å²) in [7, 11) is 0. The Hall–Kier alpha value is -1.43. The van der Waals surface area contributed by atoms with Crippen LogP contribution in [-0.4, -0.2) is 17.5 Å². The number of hydrogen-bond donors (Lipinski definition) is 0. The average molecular weight is 302 g/mol. The number of nitro groups is 1. The van der Waals surface area contributed by atoms with E-state index in [-0.39, 0.29) is 12.1 Å². The smallest absolute Gasteiger partial charge is 0.310 e. The van der Waals surface area contributed by atoms with Crippen molar-refractivity contribution >= 4 is 27.6 Å². The van der Waals surface area contributed by atoms with Crippen LogP contribution >= 0.6 is 15.9 Å². The molecule has 0 amide bonds. The quantitative estimate of drug-likeness (QED) is 0.487. The van der Waals surface area contributed by atoms with Crippen LogP contribution in [0.15, 0.2) is 16.6 Å². The van der Waals surface area contributed by atoms with E-state index >= 15 is 0 Å². The molecular formula is C11H12BrNO4. The van der Waals surface area contributed by atoms with Crippen molar-refractivity contribution in [1.82, 2.24) is 0 Å². The number of nitrogens with zero attached hydrogens (tertiary/aromatic N) is 1. The summed E-state index contributed by atoms with van der Waals surface area (Å²) < 4.78 is 5.48. The third-order valence-corrected chi connectivity index (χ3v) is 2.94. The molecule has 6 heteroatoms. The van der Waals surface area contributed by atoms with Gasteiger partial charge in [-0.3, -0.25) is 14.9 Å². The summed E-state index contributed by atoms with van der Waals surface area (Å²) in [4.78, 5) is 21.6. The number of aryl methyl sites for hydroxylation is 1. The Labute approximate surface area is 107 Å². The van der Waals surface area contributed by atoms with Crippen molar-refractivity contribution in [3.63, 3.8) is 0 Å². The molecule has 0 aliphatic rings. The van der Waals surface area contributed by atoms with E-state index in [4.69, 9.17) is 4.74 Å². The largest absolute Gasteiger partial charge is 0.466 e. The molecule has 1 rings (SSSR count). The maximum Gasteiger partial charge on any atom is 0.310 e. The van der Waals surface area contributed by atoms with Crippen molar-refractivity contribution in [3.05, 3.63) is 37.8 Å². The molecule has 5 nitrogen and oxygen atoms in total. The summed E-state index contributed by atoms with van der Waals surface area (Å²) in [6.45, 7) is 3.66. The fraction of sp³-hybridized carbons (Fsp3) is 0.364. The summed E-state index contributed by atoms with van der Waals surface area (Å²) in [5.74, 6) is -0.397. The number of carbonyl (C=O) groups is 1. The second kappa shape index (κ2) is 5.77. The minimum Gasteiger partial charge on any atom is -0.466 e. The van der Waals surface area contributed by atoms with Crippen molar-refractivity contribution in [2.24, 2.45) is 0 Å². The molecule has 17 heavy (non-hydrogen) atoms. The van der Waals surface area contributed by atoms with E-state index in [1.54, 1.807) is 19.9 Å². The number of ether oxygens (including phenoxy) is 1. The van der Waals surface area contributed by atoms with Gasteiger partial charge in [-0.15, -0.1) is 0 Å². The summed E-state index contributed by atoms with van der Waals surface area (Å²) in [5, 5.41) is 10.8. The SMILES string of the molecule is CCOC(=O)Cc1cc([N+](=O)[O-])c(C)cc1Br. The minimum absolute atomic E-state index is 0.00694. The first-order valence-corrected chi connectivity index (χ1v) is 5.84. The Balaban J connectivity index is 3.03. The predicted octanol–water partition coefficient (Wildman–Crippen LogP) is 2.77. The normalized spacial score (nSPS) is 10.1. The monoisotopic (exact) mass is 301 g/mol. The van der Waals surface area contributed by atoms with Crippen LogP contribution in [0.1, 0.15) is 18.1 Å². The van der Waals surface area contributed by atoms with Crippen molar-refractivity contribution in [3.8, 4) is 0 Å². The van der Waals surface area contributed by atoms with Gasteiger partial charge in [-0.25, -0.2) is 0 Å². The number of esters is 1. The molecule has 1 aromatic rings. The number of benzene rings is 1. The number of nitro benzene ring substituents is 1. The lowest BCUT2D eigenvalue weighted by Crippen LogP contribution is -2.08. The van der Waals surface area contributed by atoms with Crippen LogP contribution in [0.5, 0.6) is 0 Å². The van der Waals surface area contributed by atoms with Gasteiger partial charge in [0.2, 0.25) is 0 Å². The van der Waals surface area contributed by atoms with E-state index < -0.39 is 10.9 Å². The van der Waals surface area contributed by atoms with Gasteiger partial charge in [-0.2, -0.15) is 0 Å². The molecule has 0 atom stereocenters. The Morgan fingerprint density at radius 3 is 2.71 bits per heavy atom. The molecule has 0 N–H and O–H groups in total. The molecule has 0 spiro atoms. The standard InChI is InChI=1S/C11H12BrNO4/c1-3-17-11(14)6-8-5-10(13(15)16)7(2)4-9(8)12/h4-5H,3,6H2,1-2H3. The van der Waals surface area contributed by atoms with E-state index in [2.05, 4.69) is 15.9 Å². The molecule has 0 bridgehead atoms. The summed E-state index contributed by atoms with van der Waals surface area (Å²) in [5.41, 5.74) is 1.11. The second-order valence-electron chi connectivity index (χ2n) is 3.47. The van der Waals surface area contributed by atoms with Gasteiger partial charge in [0.25, 0.3) is 5.69 Å². The number of hydrogen-bond acceptors (Lipinski definition) is 4.